The Morgan fingerprint density at radius 2 is 1.67 bits per heavy atom. The monoisotopic (exact) mass is 501 g/mol. The van der Waals surface area contributed by atoms with Gasteiger partial charge in [0.25, 0.3) is 0 Å². The molecule has 0 aliphatic rings. The highest BCUT2D eigenvalue weighted by Crippen LogP contribution is 2.25. The molecule has 0 unspecified atom stereocenters. The van der Waals surface area contributed by atoms with Crippen molar-refractivity contribution in [2.75, 3.05) is 12.4 Å². The molecular weight excluding hydrogens is 482 g/mol. The first-order valence-corrected chi connectivity index (χ1v) is 11.3. The van der Waals surface area contributed by atoms with Gasteiger partial charge >= 0.3 is 17.8 Å². The summed E-state index contributed by atoms with van der Waals surface area (Å²) in [4.78, 5) is 36.5. The van der Waals surface area contributed by atoms with E-state index in [2.05, 4.69) is 26.0 Å². The molecule has 4 aromatic rings. The zero-order chi connectivity index (χ0) is 25.3. The van der Waals surface area contributed by atoms with E-state index in [0.717, 1.165) is 16.9 Å². The fourth-order valence-electron chi connectivity index (χ4n) is 2.89. The van der Waals surface area contributed by atoms with Gasteiger partial charge in [0.15, 0.2) is 0 Å². The lowest BCUT2D eigenvalue weighted by Crippen LogP contribution is -2.32. The Labute approximate surface area is 209 Å². The molecule has 10 nitrogen and oxygen atoms in total. The molecule has 0 saturated carbocycles. The molecule has 2 N–H and O–H groups in total. The van der Waals surface area contributed by atoms with Crippen LogP contribution in [0.25, 0.3) is 10.6 Å². The Bertz CT molecular complexity index is 1400. The average Bonchev–Trinajstić information content (AvgIpc) is 3.38. The van der Waals surface area contributed by atoms with Gasteiger partial charge in [-0.3, -0.25) is 14.9 Å². The minimum atomic E-state index is -0.982. The lowest BCUT2D eigenvalue weighted by molar-refractivity contribution is -0.136. The molecule has 4 rings (SSSR count). The van der Waals surface area contributed by atoms with Crippen LogP contribution in [-0.2, 0) is 9.59 Å². The molecule has 0 radical (unpaired) electrons. The number of rotatable bonds is 7. The molecule has 0 aliphatic heterocycles. The van der Waals surface area contributed by atoms with Crippen LogP contribution in [0.1, 0.15) is 15.9 Å². The van der Waals surface area contributed by atoms with Crippen LogP contribution in [0.4, 0.5) is 5.13 Å². The summed E-state index contributed by atoms with van der Waals surface area (Å²) in [6, 6.07) is 22.3. The van der Waals surface area contributed by atoms with Crippen molar-refractivity contribution in [3.8, 4) is 22.1 Å². The van der Waals surface area contributed by atoms with Crippen LogP contribution >= 0.6 is 11.3 Å². The van der Waals surface area contributed by atoms with Crippen LogP contribution in [0.5, 0.6) is 11.5 Å². The first-order chi connectivity index (χ1) is 17.5. The molecule has 2 amide bonds. The van der Waals surface area contributed by atoms with Gasteiger partial charge in [0, 0.05) is 5.56 Å². The highest BCUT2D eigenvalue weighted by atomic mass is 32.1. The average molecular weight is 502 g/mol. The fraction of sp³-hybridized carbons (Fsp3) is 0.0400. The third-order valence-corrected chi connectivity index (χ3v) is 5.53. The van der Waals surface area contributed by atoms with E-state index in [1.54, 1.807) is 48.5 Å². The molecule has 1 aromatic heterocycles. The third kappa shape index (κ3) is 6.36. The van der Waals surface area contributed by atoms with Crippen LogP contribution in [0.3, 0.4) is 0 Å². The minimum absolute atomic E-state index is 0.185. The number of hydrogen-bond acceptors (Lipinski definition) is 9. The SMILES string of the molecule is COc1ccc(C(=O)Oc2cccc(C=NNC(=O)C(=O)Nc3nnc(-c4ccccc4)s3)c2)cc1. The van der Waals surface area contributed by atoms with E-state index >= 15 is 0 Å². The number of aromatic nitrogens is 2. The lowest BCUT2D eigenvalue weighted by Gasteiger charge is -2.06. The van der Waals surface area contributed by atoms with Crippen molar-refractivity contribution in [2.24, 2.45) is 5.10 Å². The summed E-state index contributed by atoms with van der Waals surface area (Å²) in [5, 5.41) is 14.8. The normalized spacial score (nSPS) is 10.6. The summed E-state index contributed by atoms with van der Waals surface area (Å²) in [5.41, 5.74) is 3.89. The van der Waals surface area contributed by atoms with Crippen molar-refractivity contribution < 1.29 is 23.9 Å². The maximum Gasteiger partial charge on any atom is 0.343 e. The van der Waals surface area contributed by atoms with E-state index in [4.69, 9.17) is 9.47 Å². The standard InChI is InChI=1S/C25H19N5O5S/c1-34-19-12-10-18(11-13-19)24(33)35-20-9-5-6-16(14-20)15-26-28-22(32)21(31)27-25-30-29-23(36-25)17-7-3-2-4-8-17/h2-15H,1H3,(H,28,32)(H,27,30,31). The van der Waals surface area contributed by atoms with E-state index in [0.29, 0.717) is 21.9 Å². The maximum atomic E-state index is 12.3. The number of anilines is 1. The molecule has 0 saturated heterocycles. The number of hydrogen-bond donors (Lipinski definition) is 2. The summed E-state index contributed by atoms with van der Waals surface area (Å²) in [7, 11) is 1.54. The van der Waals surface area contributed by atoms with Crippen molar-refractivity contribution in [1.82, 2.24) is 15.6 Å². The van der Waals surface area contributed by atoms with Crippen molar-refractivity contribution >= 4 is 40.5 Å². The molecule has 0 bridgehead atoms. The van der Waals surface area contributed by atoms with Crippen LogP contribution < -0.4 is 20.2 Å². The predicted molar refractivity (Wildman–Crippen MR) is 134 cm³/mol. The van der Waals surface area contributed by atoms with Gasteiger partial charge in [-0.2, -0.15) is 5.10 Å². The van der Waals surface area contributed by atoms with Crippen molar-refractivity contribution in [1.29, 1.82) is 0 Å². The van der Waals surface area contributed by atoms with Gasteiger partial charge in [-0.25, -0.2) is 10.2 Å². The van der Waals surface area contributed by atoms with E-state index in [9.17, 15) is 14.4 Å². The quantitative estimate of drug-likeness (QED) is 0.130. The van der Waals surface area contributed by atoms with E-state index < -0.39 is 17.8 Å². The highest BCUT2D eigenvalue weighted by Gasteiger charge is 2.16. The molecular formula is C25H19N5O5S. The van der Waals surface area contributed by atoms with Crippen LogP contribution in [0, 0.1) is 0 Å². The minimum Gasteiger partial charge on any atom is -0.497 e. The molecule has 3 aromatic carbocycles. The zero-order valence-electron chi connectivity index (χ0n) is 18.9. The topological polar surface area (TPSA) is 132 Å². The van der Waals surface area contributed by atoms with Crippen molar-refractivity contribution in [2.45, 2.75) is 0 Å². The van der Waals surface area contributed by atoms with Crippen molar-refractivity contribution in [3.63, 3.8) is 0 Å². The molecule has 180 valence electrons. The fourth-order valence-corrected chi connectivity index (χ4v) is 3.64. The Kier molecular flexibility index (Phi) is 7.73. The summed E-state index contributed by atoms with van der Waals surface area (Å²) in [6.45, 7) is 0. The van der Waals surface area contributed by atoms with E-state index in [1.807, 2.05) is 30.3 Å². The number of amides is 2. The van der Waals surface area contributed by atoms with Gasteiger partial charge in [0.1, 0.15) is 16.5 Å². The summed E-state index contributed by atoms with van der Waals surface area (Å²) in [5.74, 6) is -1.55. The van der Waals surface area contributed by atoms with E-state index in [-0.39, 0.29) is 10.9 Å². The molecule has 0 aliphatic carbocycles. The first kappa shape index (κ1) is 24.2. The smallest absolute Gasteiger partial charge is 0.343 e. The van der Waals surface area contributed by atoms with Crippen LogP contribution in [0.2, 0.25) is 0 Å². The highest BCUT2D eigenvalue weighted by molar-refractivity contribution is 7.18. The van der Waals surface area contributed by atoms with Gasteiger partial charge in [-0.15, -0.1) is 10.2 Å². The van der Waals surface area contributed by atoms with Gasteiger partial charge in [0.2, 0.25) is 5.13 Å². The number of ether oxygens (including phenoxy) is 2. The number of hydrazone groups is 1. The number of carbonyl (C=O) groups is 3. The number of nitrogens with one attached hydrogen (secondary N) is 2. The van der Waals surface area contributed by atoms with Crippen molar-refractivity contribution in [3.05, 3.63) is 90.0 Å². The largest absolute Gasteiger partial charge is 0.497 e. The number of benzene rings is 3. The molecule has 11 heteroatoms. The molecule has 0 fully saturated rings. The first-order valence-electron chi connectivity index (χ1n) is 10.5. The second kappa shape index (κ2) is 11.5. The molecule has 36 heavy (non-hydrogen) atoms. The molecule has 0 atom stereocenters. The van der Waals surface area contributed by atoms with Gasteiger partial charge < -0.3 is 9.47 Å². The number of esters is 1. The van der Waals surface area contributed by atoms with Gasteiger partial charge in [0.05, 0.1) is 18.9 Å². The van der Waals surface area contributed by atoms with Gasteiger partial charge in [-0.05, 0) is 42.0 Å². The Morgan fingerprint density at radius 1 is 0.889 bits per heavy atom. The summed E-state index contributed by atoms with van der Waals surface area (Å²) in [6.07, 6.45) is 1.31. The summed E-state index contributed by atoms with van der Waals surface area (Å²) < 4.78 is 10.4. The Hall–Kier alpha value is -4.90. The van der Waals surface area contributed by atoms with Gasteiger partial charge in [-0.1, -0.05) is 53.8 Å². The summed E-state index contributed by atoms with van der Waals surface area (Å²) >= 11 is 1.14. The predicted octanol–water partition coefficient (Wildman–Crippen LogP) is 3.52. The lowest BCUT2D eigenvalue weighted by atomic mass is 10.2. The number of methoxy groups -OCH3 is 1. The molecule has 0 spiro atoms. The van der Waals surface area contributed by atoms with Crippen LogP contribution in [-0.4, -0.2) is 41.3 Å². The Morgan fingerprint density at radius 3 is 2.42 bits per heavy atom. The molecule has 1 heterocycles. The zero-order valence-corrected chi connectivity index (χ0v) is 19.7. The maximum absolute atomic E-state index is 12.3. The number of nitrogens with zero attached hydrogens (tertiary/aromatic N) is 3. The second-order valence-corrected chi connectivity index (χ2v) is 8.10. The Balaban J connectivity index is 1.30. The second-order valence-electron chi connectivity index (χ2n) is 7.12. The van der Waals surface area contributed by atoms with Crippen LogP contribution in [0.15, 0.2) is 84.0 Å². The third-order valence-electron chi connectivity index (χ3n) is 4.65. The van der Waals surface area contributed by atoms with E-state index in [1.165, 1.54) is 13.3 Å². The number of carbonyl (C=O) groups excluding carboxylic acids is 3.